The molecule has 1 aromatic heterocycles. The number of nitrogens with two attached hydrogens (primary N) is 1. The average Bonchev–Trinajstić information content (AvgIpc) is 2.53. The van der Waals surface area contributed by atoms with E-state index in [1.165, 1.54) is 12.2 Å². The maximum atomic E-state index is 5.80. The largest absolute Gasteiger partial charge is 0.333 e. The van der Waals surface area contributed by atoms with Crippen LogP contribution >= 0.6 is 11.8 Å². The van der Waals surface area contributed by atoms with Crippen molar-refractivity contribution in [1.82, 2.24) is 9.55 Å². The lowest BCUT2D eigenvalue weighted by atomic mass is 10.2. The molecule has 0 aromatic carbocycles. The van der Waals surface area contributed by atoms with E-state index in [4.69, 9.17) is 5.73 Å². The van der Waals surface area contributed by atoms with Gasteiger partial charge in [-0.2, -0.15) is 11.8 Å². The standard InChI is InChI=1S/C9H17N3S/c1-8(10)9-6-11-7-12(9)4-3-5-13-2/h6-8H,3-5,10H2,1-2H3. The molecule has 0 bridgehead atoms. The maximum Gasteiger partial charge on any atom is 0.0948 e. The van der Waals surface area contributed by atoms with Crippen molar-refractivity contribution in [3.63, 3.8) is 0 Å². The van der Waals surface area contributed by atoms with E-state index in [1.54, 1.807) is 0 Å². The van der Waals surface area contributed by atoms with Gasteiger partial charge < -0.3 is 10.3 Å². The Hall–Kier alpha value is -0.480. The topological polar surface area (TPSA) is 43.8 Å². The minimum absolute atomic E-state index is 0.0804. The Bertz CT molecular complexity index is 245. The number of thioether (sulfide) groups is 1. The summed E-state index contributed by atoms with van der Waals surface area (Å²) in [6.07, 6.45) is 7.01. The van der Waals surface area contributed by atoms with E-state index in [0.717, 1.165) is 12.2 Å². The van der Waals surface area contributed by atoms with Crippen LogP contribution in [0.25, 0.3) is 0 Å². The first-order valence-corrected chi connectivity index (χ1v) is 5.89. The summed E-state index contributed by atoms with van der Waals surface area (Å²) < 4.78 is 2.14. The molecule has 1 rings (SSSR count). The summed E-state index contributed by atoms with van der Waals surface area (Å²) in [6.45, 7) is 3.01. The number of rotatable bonds is 5. The van der Waals surface area contributed by atoms with Crippen molar-refractivity contribution in [2.45, 2.75) is 25.9 Å². The van der Waals surface area contributed by atoms with Crippen LogP contribution in [0.5, 0.6) is 0 Å². The molecule has 0 aliphatic heterocycles. The van der Waals surface area contributed by atoms with Gasteiger partial charge in [0.05, 0.1) is 12.0 Å². The highest BCUT2D eigenvalue weighted by atomic mass is 32.2. The smallest absolute Gasteiger partial charge is 0.0948 e. The normalized spacial score (nSPS) is 13.2. The lowest BCUT2D eigenvalue weighted by molar-refractivity contribution is 0.617. The van der Waals surface area contributed by atoms with E-state index < -0.39 is 0 Å². The van der Waals surface area contributed by atoms with Crippen LogP contribution in [-0.2, 0) is 6.54 Å². The zero-order valence-electron chi connectivity index (χ0n) is 8.23. The molecule has 0 spiro atoms. The molecule has 0 aliphatic carbocycles. The fourth-order valence-corrected chi connectivity index (χ4v) is 1.69. The van der Waals surface area contributed by atoms with E-state index >= 15 is 0 Å². The second-order valence-corrected chi connectivity index (χ2v) is 4.13. The van der Waals surface area contributed by atoms with Gasteiger partial charge >= 0.3 is 0 Å². The summed E-state index contributed by atoms with van der Waals surface area (Å²) in [5, 5.41) is 0. The number of aromatic nitrogens is 2. The predicted octanol–water partition coefficient (Wildman–Crippen LogP) is 1.66. The van der Waals surface area contributed by atoms with Gasteiger partial charge in [-0.15, -0.1) is 0 Å². The van der Waals surface area contributed by atoms with Crippen molar-refractivity contribution in [1.29, 1.82) is 0 Å². The molecule has 0 saturated heterocycles. The fourth-order valence-electron chi connectivity index (χ4n) is 1.28. The summed E-state index contributed by atoms with van der Waals surface area (Å²) in [4.78, 5) is 4.10. The molecule has 0 saturated carbocycles. The van der Waals surface area contributed by atoms with Gasteiger partial charge in [0.15, 0.2) is 0 Å². The summed E-state index contributed by atoms with van der Waals surface area (Å²) in [7, 11) is 0. The summed E-state index contributed by atoms with van der Waals surface area (Å²) in [5.41, 5.74) is 6.92. The predicted molar refractivity (Wildman–Crippen MR) is 57.8 cm³/mol. The fraction of sp³-hybridized carbons (Fsp3) is 0.667. The number of hydrogen-bond donors (Lipinski definition) is 1. The second kappa shape index (κ2) is 5.29. The van der Waals surface area contributed by atoms with E-state index in [1.807, 2.05) is 31.2 Å². The maximum absolute atomic E-state index is 5.80. The van der Waals surface area contributed by atoms with Crippen LogP contribution in [0.4, 0.5) is 0 Å². The lowest BCUT2D eigenvalue weighted by Gasteiger charge is -2.09. The molecule has 0 amide bonds. The molecule has 4 heteroatoms. The summed E-state index contributed by atoms with van der Waals surface area (Å²) in [5.74, 6) is 1.19. The van der Waals surface area contributed by atoms with Crippen LogP contribution in [-0.4, -0.2) is 21.6 Å². The van der Waals surface area contributed by atoms with Crippen molar-refractivity contribution in [2.75, 3.05) is 12.0 Å². The van der Waals surface area contributed by atoms with E-state index in [-0.39, 0.29) is 6.04 Å². The van der Waals surface area contributed by atoms with Crippen molar-refractivity contribution >= 4 is 11.8 Å². The van der Waals surface area contributed by atoms with Gasteiger partial charge in [0.2, 0.25) is 0 Å². The molecular formula is C9H17N3S. The minimum atomic E-state index is 0.0804. The number of nitrogens with zero attached hydrogens (tertiary/aromatic N) is 2. The molecule has 1 unspecified atom stereocenters. The zero-order chi connectivity index (χ0) is 9.68. The molecule has 0 fully saturated rings. The first kappa shape index (κ1) is 10.6. The Balaban J connectivity index is 2.50. The number of aryl methyl sites for hydroxylation is 1. The summed E-state index contributed by atoms with van der Waals surface area (Å²) in [6, 6.07) is 0.0804. The molecule has 1 aromatic rings. The van der Waals surface area contributed by atoms with Crippen molar-refractivity contribution in [3.05, 3.63) is 18.2 Å². The van der Waals surface area contributed by atoms with Gasteiger partial charge in [0, 0.05) is 18.8 Å². The van der Waals surface area contributed by atoms with Crippen LogP contribution in [0.15, 0.2) is 12.5 Å². The van der Waals surface area contributed by atoms with Crippen LogP contribution < -0.4 is 5.73 Å². The monoisotopic (exact) mass is 199 g/mol. The van der Waals surface area contributed by atoms with Crippen molar-refractivity contribution < 1.29 is 0 Å². The minimum Gasteiger partial charge on any atom is -0.333 e. The van der Waals surface area contributed by atoms with Gasteiger partial charge in [0.1, 0.15) is 0 Å². The Kier molecular flexibility index (Phi) is 4.32. The van der Waals surface area contributed by atoms with Gasteiger partial charge in [-0.05, 0) is 25.4 Å². The first-order chi connectivity index (χ1) is 6.25. The van der Waals surface area contributed by atoms with Crippen LogP contribution in [0, 0.1) is 0 Å². The molecular weight excluding hydrogens is 182 g/mol. The Morgan fingerprint density at radius 2 is 2.46 bits per heavy atom. The lowest BCUT2D eigenvalue weighted by Crippen LogP contribution is -2.12. The summed E-state index contributed by atoms with van der Waals surface area (Å²) >= 11 is 1.87. The first-order valence-electron chi connectivity index (χ1n) is 4.50. The highest BCUT2D eigenvalue weighted by molar-refractivity contribution is 7.98. The third-order valence-corrected chi connectivity index (χ3v) is 2.66. The number of imidazole rings is 1. The quantitative estimate of drug-likeness (QED) is 0.733. The highest BCUT2D eigenvalue weighted by Crippen LogP contribution is 2.09. The van der Waals surface area contributed by atoms with E-state index in [2.05, 4.69) is 15.8 Å². The molecule has 13 heavy (non-hydrogen) atoms. The van der Waals surface area contributed by atoms with Crippen molar-refractivity contribution in [3.8, 4) is 0 Å². The molecule has 74 valence electrons. The van der Waals surface area contributed by atoms with Crippen LogP contribution in [0.3, 0.4) is 0 Å². The number of hydrogen-bond acceptors (Lipinski definition) is 3. The molecule has 2 N–H and O–H groups in total. The van der Waals surface area contributed by atoms with Gasteiger partial charge in [-0.3, -0.25) is 0 Å². The Morgan fingerprint density at radius 1 is 1.69 bits per heavy atom. The highest BCUT2D eigenvalue weighted by Gasteiger charge is 2.05. The van der Waals surface area contributed by atoms with Crippen LogP contribution in [0.2, 0.25) is 0 Å². The van der Waals surface area contributed by atoms with Gasteiger partial charge in [-0.1, -0.05) is 0 Å². The van der Waals surface area contributed by atoms with E-state index in [0.29, 0.717) is 0 Å². The molecule has 0 aliphatic rings. The molecule has 3 nitrogen and oxygen atoms in total. The second-order valence-electron chi connectivity index (χ2n) is 3.15. The Labute approximate surface area is 83.7 Å². The van der Waals surface area contributed by atoms with E-state index in [9.17, 15) is 0 Å². The van der Waals surface area contributed by atoms with Crippen molar-refractivity contribution in [2.24, 2.45) is 5.73 Å². The Morgan fingerprint density at radius 3 is 3.08 bits per heavy atom. The molecule has 1 atom stereocenters. The third kappa shape index (κ3) is 3.04. The van der Waals surface area contributed by atoms with Crippen LogP contribution in [0.1, 0.15) is 25.1 Å². The van der Waals surface area contributed by atoms with Gasteiger partial charge in [-0.25, -0.2) is 4.98 Å². The van der Waals surface area contributed by atoms with Gasteiger partial charge in [0.25, 0.3) is 0 Å². The zero-order valence-corrected chi connectivity index (χ0v) is 9.05. The molecule has 0 radical (unpaired) electrons. The third-order valence-electron chi connectivity index (χ3n) is 1.96. The SMILES string of the molecule is CSCCCn1cncc1C(C)N. The molecule has 1 heterocycles. The average molecular weight is 199 g/mol.